The number of nitrogens with zero attached hydrogens (tertiary/aromatic N) is 4. The van der Waals surface area contributed by atoms with E-state index in [1.807, 2.05) is 6.92 Å². The molecule has 0 bridgehead atoms. The Morgan fingerprint density at radius 1 is 1.50 bits per heavy atom. The summed E-state index contributed by atoms with van der Waals surface area (Å²) in [7, 11) is 1.68. The van der Waals surface area contributed by atoms with E-state index in [4.69, 9.17) is 4.74 Å². The third-order valence-corrected chi connectivity index (χ3v) is 4.90. The van der Waals surface area contributed by atoms with Crippen LogP contribution >= 0.6 is 0 Å². The van der Waals surface area contributed by atoms with E-state index in [9.17, 15) is 9.90 Å². The molecule has 1 aliphatic rings. The Bertz CT molecular complexity index is 513. The highest BCUT2D eigenvalue weighted by Crippen LogP contribution is 2.44. The highest BCUT2D eigenvalue weighted by atomic mass is 16.5. The molecule has 1 atom stereocenters. The van der Waals surface area contributed by atoms with Crippen molar-refractivity contribution < 1.29 is 14.6 Å². The summed E-state index contributed by atoms with van der Waals surface area (Å²) in [5.74, 6) is -0.246. The third-order valence-electron chi connectivity index (χ3n) is 4.90. The Balaban J connectivity index is 2.23. The van der Waals surface area contributed by atoms with Gasteiger partial charge in [0.05, 0.1) is 0 Å². The summed E-state index contributed by atoms with van der Waals surface area (Å²) in [5.41, 5.74) is -1.22. The number of hydrogen-bond donors (Lipinski definition) is 1. The van der Waals surface area contributed by atoms with E-state index in [0.29, 0.717) is 18.9 Å². The molecule has 124 valence electrons. The highest BCUT2D eigenvalue weighted by molar-refractivity contribution is 5.75. The lowest BCUT2D eigenvalue weighted by molar-refractivity contribution is -0.148. The summed E-state index contributed by atoms with van der Waals surface area (Å²) in [4.78, 5) is 13.0. The van der Waals surface area contributed by atoms with Gasteiger partial charge >= 0.3 is 5.97 Å². The first kappa shape index (κ1) is 16.9. The van der Waals surface area contributed by atoms with Gasteiger partial charge in [-0.3, -0.25) is 0 Å². The maximum Gasteiger partial charge on any atom is 0.333 e. The summed E-state index contributed by atoms with van der Waals surface area (Å²) in [6, 6.07) is 0. The monoisotopic (exact) mass is 310 g/mol. The first-order valence-electron chi connectivity index (χ1n) is 8.02. The molecule has 0 saturated heterocycles. The maximum atomic E-state index is 11.7. The molecule has 0 aliphatic heterocycles. The molecule has 2 rings (SSSR count). The first-order valence-corrected chi connectivity index (χ1v) is 8.02. The van der Waals surface area contributed by atoms with Crippen LogP contribution in [0.3, 0.4) is 0 Å². The summed E-state index contributed by atoms with van der Waals surface area (Å²) in [5, 5.41) is 22.3. The van der Waals surface area contributed by atoms with Crippen molar-refractivity contribution in [1.82, 2.24) is 20.2 Å². The number of aliphatic carboxylic acids is 1. The summed E-state index contributed by atoms with van der Waals surface area (Å²) in [6.45, 7) is 4.36. The average Bonchev–Trinajstić information content (AvgIpc) is 2.94. The molecule has 7 heteroatoms. The second-order valence-corrected chi connectivity index (χ2v) is 6.46. The topological polar surface area (TPSA) is 90.1 Å². The van der Waals surface area contributed by atoms with Gasteiger partial charge in [0.1, 0.15) is 0 Å². The van der Waals surface area contributed by atoms with Crippen LogP contribution in [0.1, 0.15) is 64.6 Å². The van der Waals surface area contributed by atoms with Gasteiger partial charge < -0.3 is 9.84 Å². The molecule has 1 aliphatic carbocycles. The SMILES string of the molecule is CCCCC(C)(C(=O)O)n1nnc(C2(CCOC)CCC2)n1. The third kappa shape index (κ3) is 2.99. The van der Waals surface area contributed by atoms with E-state index in [0.717, 1.165) is 38.5 Å². The smallest absolute Gasteiger partial charge is 0.333 e. The average molecular weight is 310 g/mol. The van der Waals surface area contributed by atoms with Gasteiger partial charge in [0.15, 0.2) is 11.4 Å². The van der Waals surface area contributed by atoms with Crippen molar-refractivity contribution in [3.8, 4) is 0 Å². The normalized spacial score (nSPS) is 19.4. The lowest BCUT2D eigenvalue weighted by Gasteiger charge is -2.38. The summed E-state index contributed by atoms with van der Waals surface area (Å²) < 4.78 is 5.18. The first-order chi connectivity index (χ1) is 10.5. The molecule has 0 aromatic carbocycles. The number of rotatable bonds is 9. The molecule has 7 nitrogen and oxygen atoms in total. The fraction of sp³-hybridized carbons (Fsp3) is 0.867. The van der Waals surface area contributed by atoms with Crippen LogP contribution in [-0.4, -0.2) is 45.0 Å². The zero-order valence-electron chi connectivity index (χ0n) is 13.7. The van der Waals surface area contributed by atoms with E-state index in [1.165, 1.54) is 4.80 Å². The molecule has 1 aromatic rings. The highest BCUT2D eigenvalue weighted by Gasteiger charge is 2.44. The summed E-state index contributed by atoms with van der Waals surface area (Å²) >= 11 is 0. The van der Waals surface area contributed by atoms with Crippen LogP contribution in [0.25, 0.3) is 0 Å². The van der Waals surface area contributed by atoms with Crippen LogP contribution < -0.4 is 0 Å². The second-order valence-electron chi connectivity index (χ2n) is 6.46. The number of unbranched alkanes of at least 4 members (excludes halogenated alkanes) is 1. The van der Waals surface area contributed by atoms with Crippen LogP contribution in [-0.2, 0) is 20.5 Å². The minimum atomic E-state index is -1.13. The number of aromatic nitrogens is 4. The van der Waals surface area contributed by atoms with E-state index >= 15 is 0 Å². The quantitative estimate of drug-likeness (QED) is 0.751. The van der Waals surface area contributed by atoms with E-state index in [1.54, 1.807) is 14.0 Å². The van der Waals surface area contributed by atoms with Crippen molar-refractivity contribution in [2.45, 2.75) is 69.7 Å². The molecule has 1 saturated carbocycles. The van der Waals surface area contributed by atoms with E-state index in [2.05, 4.69) is 15.4 Å². The Morgan fingerprint density at radius 3 is 2.73 bits per heavy atom. The molecule has 1 unspecified atom stereocenters. The number of carboxylic acids is 1. The number of tetrazole rings is 1. The largest absolute Gasteiger partial charge is 0.479 e. The van der Waals surface area contributed by atoms with Gasteiger partial charge in [-0.15, -0.1) is 15.0 Å². The van der Waals surface area contributed by atoms with Gasteiger partial charge in [-0.1, -0.05) is 26.2 Å². The van der Waals surface area contributed by atoms with Crippen LogP contribution in [0.5, 0.6) is 0 Å². The number of ether oxygens (including phenoxy) is 1. The fourth-order valence-corrected chi connectivity index (χ4v) is 2.94. The van der Waals surface area contributed by atoms with E-state index < -0.39 is 11.5 Å². The van der Waals surface area contributed by atoms with Gasteiger partial charge in [-0.2, -0.15) is 0 Å². The summed E-state index contributed by atoms with van der Waals surface area (Å²) in [6.07, 6.45) is 6.27. The Labute approximate surface area is 131 Å². The van der Waals surface area contributed by atoms with Crippen LogP contribution in [0.4, 0.5) is 0 Å². The molecular weight excluding hydrogens is 284 g/mol. The molecule has 0 spiro atoms. The molecule has 1 N–H and O–H groups in total. The molecule has 1 heterocycles. The zero-order chi connectivity index (χ0) is 16.2. The Hall–Kier alpha value is -1.50. The number of carbonyl (C=O) groups is 1. The van der Waals surface area contributed by atoms with Crippen molar-refractivity contribution in [2.75, 3.05) is 13.7 Å². The predicted octanol–water partition coefficient (Wildman–Crippen LogP) is 2.12. The van der Waals surface area contributed by atoms with Gasteiger partial charge in [-0.05, 0) is 37.8 Å². The fourth-order valence-electron chi connectivity index (χ4n) is 2.94. The van der Waals surface area contributed by atoms with Gasteiger partial charge in [0.25, 0.3) is 0 Å². The number of carboxylic acid groups (broad SMARTS) is 1. The maximum absolute atomic E-state index is 11.7. The predicted molar refractivity (Wildman–Crippen MR) is 80.6 cm³/mol. The van der Waals surface area contributed by atoms with Gasteiger partial charge in [-0.25, -0.2) is 4.79 Å². The molecular formula is C15H26N4O3. The van der Waals surface area contributed by atoms with E-state index in [-0.39, 0.29) is 5.41 Å². The number of methoxy groups -OCH3 is 1. The van der Waals surface area contributed by atoms with Crippen LogP contribution in [0, 0.1) is 0 Å². The lowest BCUT2D eigenvalue weighted by atomic mass is 9.66. The van der Waals surface area contributed by atoms with Crippen molar-refractivity contribution in [3.63, 3.8) is 0 Å². The van der Waals surface area contributed by atoms with Crippen molar-refractivity contribution in [1.29, 1.82) is 0 Å². The molecule has 0 radical (unpaired) electrons. The zero-order valence-corrected chi connectivity index (χ0v) is 13.7. The van der Waals surface area contributed by atoms with Gasteiger partial charge in [0.2, 0.25) is 0 Å². The van der Waals surface area contributed by atoms with Crippen molar-refractivity contribution >= 4 is 5.97 Å². The van der Waals surface area contributed by atoms with Crippen LogP contribution in [0.15, 0.2) is 0 Å². The van der Waals surface area contributed by atoms with Crippen LogP contribution in [0.2, 0.25) is 0 Å². The number of hydrogen-bond acceptors (Lipinski definition) is 5. The standard InChI is InChI=1S/C15H26N4O3/c1-4-5-7-14(2,13(20)21)19-17-12(16-18-19)15(8-6-9-15)10-11-22-3/h4-11H2,1-3H3,(H,20,21). The van der Waals surface area contributed by atoms with Crippen molar-refractivity contribution in [3.05, 3.63) is 5.82 Å². The lowest BCUT2D eigenvalue weighted by Crippen LogP contribution is -2.41. The minimum Gasteiger partial charge on any atom is -0.479 e. The van der Waals surface area contributed by atoms with Crippen molar-refractivity contribution in [2.24, 2.45) is 0 Å². The second kappa shape index (κ2) is 6.73. The van der Waals surface area contributed by atoms with Gasteiger partial charge in [0, 0.05) is 19.1 Å². The molecule has 1 fully saturated rings. The Morgan fingerprint density at radius 2 is 2.23 bits per heavy atom. The molecule has 0 amide bonds. The molecule has 22 heavy (non-hydrogen) atoms. The minimum absolute atomic E-state index is 0.0849. The Kier molecular flexibility index (Phi) is 5.16. The molecule has 1 aromatic heterocycles.